The smallest absolute Gasteiger partial charge is 0.309 e. The molecule has 1 aliphatic heterocycles. The molecule has 15 heavy (non-hydrogen) atoms. The second-order valence-corrected chi connectivity index (χ2v) is 5.11. The molecule has 3 rings (SSSR count). The van der Waals surface area contributed by atoms with Crippen LogP contribution in [0.3, 0.4) is 0 Å². The van der Waals surface area contributed by atoms with Gasteiger partial charge in [0.25, 0.3) is 0 Å². The molecule has 0 radical (unpaired) electrons. The summed E-state index contributed by atoms with van der Waals surface area (Å²) in [4.78, 5) is 11.7. The number of carbonyl (C=O) groups excluding carboxylic acids is 1. The van der Waals surface area contributed by atoms with Crippen LogP contribution in [0.5, 0.6) is 0 Å². The standard InChI is InChI=1S/C13H16O2/c1-2-3-11-12(14)15-8-13(11)7-9-4-5-10(13)6-9/h2,4-5,9-11H,1,3,6-8H2/t9?,10?,11-,13-/m1/s1. The molecule has 1 spiro atoms. The first-order valence-electron chi connectivity index (χ1n) is 5.72. The molecule has 4 atom stereocenters. The first kappa shape index (κ1) is 9.20. The van der Waals surface area contributed by atoms with E-state index >= 15 is 0 Å². The average Bonchev–Trinajstić information content (AvgIpc) is 2.88. The molecular formula is C13H16O2. The van der Waals surface area contributed by atoms with Crippen LogP contribution in [0.2, 0.25) is 0 Å². The topological polar surface area (TPSA) is 26.3 Å². The van der Waals surface area contributed by atoms with Gasteiger partial charge in [-0.2, -0.15) is 0 Å². The highest BCUT2D eigenvalue weighted by Gasteiger charge is 2.59. The van der Waals surface area contributed by atoms with E-state index in [1.807, 2.05) is 6.08 Å². The fraction of sp³-hybridized carbons (Fsp3) is 0.615. The Labute approximate surface area is 90.0 Å². The Morgan fingerprint density at radius 2 is 2.47 bits per heavy atom. The van der Waals surface area contributed by atoms with Gasteiger partial charge in [-0.05, 0) is 31.1 Å². The van der Waals surface area contributed by atoms with E-state index in [-0.39, 0.29) is 17.3 Å². The fourth-order valence-electron chi connectivity index (χ4n) is 3.70. The van der Waals surface area contributed by atoms with Crippen molar-refractivity contribution in [3.63, 3.8) is 0 Å². The number of cyclic esters (lactones) is 1. The molecule has 1 heterocycles. The quantitative estimate of drug-likeness (QED) is 0.509. The predicted molar refractivity (Wildman–Crippen MR) is 57.1 cm³/mol. The summed E-state index contributed by atoms with van der Waals surface area (Å²) in [7, 11) is 0. The molecule has 2 aliphatic carbocycles. The van der Waals surface area contributed by atoms with Crippen molar-refractivity contribution in [2.75, 3.05) is 6.61 Å². The second-order valence-electron chi connectivity index (χ2n) is 5.11. The largest absolute Gasteiger partial charge is 0.465 e. The summed E-state index contributed by atoms with van der Waals surface area (Å²) in [6.45, 7) is 4.38. The van der Waals surface area contributed by atoms with Crippen molar-refractivity contribution in [3.05, 3.63) is 24.8 Å². The van der Waals surface area contributed by atoms with Gasteiger partial charge in [-0.3, -0.25) is 4.79 Å². The van der Waals surface area contributed by atoms with Crippen molar-refractivity contribution in [2.45, 2.75) is 19.3 Å². The maximum absolute atomic E-state index is 11.7. The van der Waals surface area contributed by atoms with Gasteiger partial charge in [0.2, 0.25) is 0 Å². The molecule has 0 amide bonds. The lowest BCUT2D eigenvalue weighted by Gasteiger charge is -2.33. The van der Waals surface area contributed by atoms with Crippen LogP contribution in [0.25, 0.3) is 0 Å². The highest BCUT2D eigenvalue weighted by atomic mass is 16.5. The molecule has 0 N–H and O–H groups in total. The van der Waals surface area contributed by atoms with Crippen molar-refractivity contribution in [1.82, 2.24) is 0 Å². The Hall–Kier alpha value is -1.05. The molecule has 1 saturated heterocycles. The first-order valence-corrected chi connectivity index (χ1v) is 5.72. The second kappa shape index (κ2) is 2.97. The minimum absolute atomic E-state index is 0.00384. The predicted octanol–water partition coefficient (Wildman–Crippen LogP) is 2.32. The molecule has 80 valence electrons. The lowest BCUT2D eigenvalue weighted by molar-refractivity contribution is -0.141. The van der Waals surface area contributed by atoms with Crippen molar-refractivity contribution < 1.29 is 9.53 Å². The summed E-state index contributed by atoms with van der Waals surface area (Å²) in [5.41, 5.74) is 0.116. The molecule has 0 aromatic heterocycles. The van der Waals surface area contributed by atoms with E-state index in [1.54, 1.807) is 0 Å². The van der Waals surface area contributed by atoms with Crippen LogP contribution in [0, 0.1) is 23.2 Å². The Morgan fingerprint density at radius 1 is 1.60 bits per heavy atom. The van der Waals surface area contributed by atoms with E-state index in [0.29, 0.717) is 18.4 Å². The van der Waals surface area contributed by atoms with Crippen LogP contribution in [0.1, 0.15) is 19.3 Å². The van der Waals surface area contributed by atoms with Crippen LogP contribution in [-0.4, -0.2) is 12.6 Å². The number of esters is 1. The Morgan fingerprint density at radius 3 is 3.07 bits per heavy atom. The molecule has 2 fully saturated rings. The van der Waals surface area contributed by atoms with Crippen LogP contribution in [0.15, 0.2) is 24.8 Å². The van der Waals surface area contributed by atoms with Gasteiger partial charge in [0, 0.05) is 5.41 Å². The maximum atomic E-state index is 11.7. The van der Waals surface area contributed by atoms with Crippen LogP contribution in [0.4, 0.5) is 0 Å². The number of carbonyl (C=O) groups is 1. The molecule has 2 nitrogen and oxygen atoms in total. The van der Waals surface area contributed by atoms with Gasteiger partial charge in [0.15, 0.2) is 0 Å². The summed E-state index contributed by atoms with van der Waals surface area (Å²) in [5, 5.41) is 0. The van der Waals surface area contributed by atoms with E-state index in [4.69, 9.17) is 4.74 Å². The van der Waals surface area contributed by atoms with E-state index in [9.17, 15) is 4.79 Å². The molecule has 1 saturated carbocycles. The van der Waals surface area contributed by atoms with Crippen molar-refractivity contribution in [2.24, 2.45) is 23.2 Å². The molecular weight excluding hydrogens is 188 g/mol. The molecule has 0 aromatic rings. The summed E-state index contributed by atoms with van der Waals surface area (Å²) < 4.78 is 5.29. The van der Waals surface area contributed by atoms with Gasteiger partial charge in [0.1, 0.15) is 0 Å². The summed E-state index contributed by atoms with van der Waals surface area (Å²) in [5.74, 6) is 1.32. The normalized spacial score (nSPS) is 46.4. The zero-order chi connectivity index (χ0) is 10.5. The lowest BCUT2D eigenvalue weighted by atomic mass is 9.67. The van der Waals surface area contributed by atoms with Crippen LogP contribution >= 0.6 is 0 Å². The zero-order valence-electron chi connectivity index (χ0n) is 8.82. The third kappa shape index (κ3) is 1.08. The Kier molecular flexibility index (Phi) is 1.82. The summed E-state index contributed by atoms with van der Waals surface area (Å²) >= 11 is 0. The lowest BCUT2D eigenvalue weighted by Crippen LogP contribution is -2.34. The maximum Gasteiger partial charge on any atom is 0.309 e. The minimum atomic E-state index is -0.00384. The number of fused-ring (bicyclic) bond motifs is 3. The molecule has 2 unspecified atom stereocenters. The Bertz CT molecular complexity index is 344. The van der Waals surface area contributed by atoms with Gasteiger partial charge in [-0.15, -0.1) is 6.58 Å². The average molecular weight is 204 g/mol. The van der Waals surface area contributed by atoms with Gasteiger partial charge in [-0.25, -0.2) is 0 Å². The number of rotatable bonds is 2. The minimum Gasteiger partial charge on any atom is -0.465 e. The first-order chi connectivity index (χ1) is 7.26. The highest BCUT2D eigenvalue weighted by Crippen LogP contribution is 2.59. The monoisotopic (exact) mass is 204 g/mol. The van der Waals surface area contributed by atoms with Gasteiger partial charge < -0.3 is 4.74 Å². The van der Waals surface area contributed by atoms with E-state index < -0.39 is 0 Å². The number of ether oxygens (including phenoxy) is 1. The van der Waals surface area contributed by atoms with Crippen molar-refractivity contribution >= 4 is 5.97 Å². The highest BCUT2D eigenvalue weighted by molar-refractivity contribution is 5.76. The molecule has 0 aromatic carbocycles. The molecule has 3 aliphatic rings. The van der Waals surface area contributed by atoms with Crippen molar-refractivity contribution in [3.8, 4) is 0 Å². The third-order valence-corrected chi connectivity index (χ3v) is 4.42. The van der Waals surface area contributed by atoms with Gasteiger partial charge >= 0.3 is 5.97 Å². The summed E-state index contributed by atoms with van der Waals surface area (Å²) in [6, 6.07) is 0. The number of allylic oxidation sites excluding steroid dienone is 3. The van der Waals surface area contributed by atoms with Crippen LogP contribution < -0.4 is 0 Å². The van der Waals surface area contributed by atoms with E-state index in [2.05, 4.69) is 18.7 Å². The fourth-order valence-corrected chi connectivity index (χ4v) is 3.70. The summed E-state index contributed by atoms with van der Waals surface area (Å²) in [6.07, 6.45) is 9.60. The van der Waals surface area contributed by atoms with Gasteiger partial charge in [-0.1, -0.05) is 18.2 Å². The molecule has 2 bridgehead atoms. The van der Waals surface area contributed by atoms with Crippen molar-refractivity contribution in [1.29, 1.82) is 0 Å². The van der Waals surface area contributed by atoms with Gasteiger partial charge in [0.05, 0.1) is 12.5 Å². The zero-order valence-corrected chi connectivity index (χ0v) is 8.82. The SMILES string of the molecule is C=CC[C@@H]1C(=O)OC[C@@]12CC1C=CC2C1. The third-order valence-electron chi connectivity index (χ3n) is 4.42. The van der Waals surface area contributed by atoms with Crippen LogP contribution in [-0.2, 0) is 9.53 Å². The van der Waals surface area contributed by atoms with E-state index in [0.717, 1.165) is 12.8 Å². The number of hydrogen-bond donors (Lipinski definition) is 0. The Balaban J connectivity index is 1.94. The molecule has 2 heteroatoms. The van der Waals surface area contributed by atoms with E-state index in [1.165, 1.54) is 6.42 Å². The number of hydrogen-bond acceptors (Lipinski definition) is 2.